The predicted octanol–water partition coefficient (Wildman–Crippen LogP) is 5.29. The zero-order valence-electron chi connectivity index (χ0n) is 14.7. The number of carbonyl (C=O) groups is 1. The minimum absolute atomic E-state index is 0.224. The molecule has 0 unspecified atom stereocenters. The van der Waals surface area contributed by atoms with Crippen LogP contribution in [0.25, 0.3) is 17.0 Å². The fourth-order valence-corrected chi connectivity index (χ4v) is 4.08. The van der Waals surface area contributed by atoms with Crippen molar-refractivity contribution in [3.8, 4) is 0 Å². The van der Waals surface area contributed by atoms with Crippen LogP contribution in [0.1, 0.15) is 16.1 Å². The van der Waals surface area contributed by atoms with Crippen LogP contribution in [0.2, 0.25) is 0 Å². The number of allylic oxidation sites excluding steroid dienone is 1. The molecular formula is C20H17BrIN3O2. The minimum atomic E-state index is -0.391. The fraction of sp³-hybridized carbons (Fsp3) is 0.100. The van der Waals surface area contributed by atoms with Crippen LogP contribution in [-0.2, 0) is 0 Å². The van der Waals surface area contributed by atoms with E-state index in [0.717, 1.165) is 24.7 Å². The van der Waals surface area contributed by atoms with Crippen molar-refractivity contribution < 1.29 is 9.21 Å². The van der Waals surface area contributed by atoms with Gasteiger partial charge in [0.05, 0.1) is 3.57 Å². The summed E-state index contributed by atoms with van der Waals surface area (Å²) < 4.78 is 7.51. The molecule has 3 rings (SSSR count). The molecule has 0 saturated carbocycles. The lowest BCUT2D eigenvalue weighted by Crippen LogP contribution is -2.16. The summed E-state index contributed by atoms with van der Waals surface area (Å²) in [6, 6.07) is 13.7. The Kier molecular flexibility index (Phi) is 6.33. The van der Waals surface area contributed by atoms with Crippen molar-refractivity contribution in [2.75, 3.05) is 19.0 Å². The lowest BCUT2D eigenvalue weighted by atomic mass is 10.2. The van der Waals surface area contributed by atoms with Crippen molar-refractivity contribution in [2.45, 2.75) is 0 Å². The van der Waals surface area contributed by atoms with Gasteiger partial charge in [-0.1, -0.05) is 34.1 Å². The van der Waals surface area contributed by atoms with Gasteiger partial charge in [0, 0.05) is 35.9 Å². The van der Waals surface area contributed by atoms with Crippen LogP contribution in [0.15, 0.2) is 62.5 Å². The van der Waals surface area contributed by atoms with E-state index < -0.39 is 5.91 Å². The quantitative estimate of drug-likeness (QED) is 0.273. The Morgan fingerprint density at radius 2 is 1.96 bits per heavy atom. The van der Waals surface area contributed by atoms with Gasteiger partial charge in [-0.3, -0.25) is 4.79 Å². The third-order valence-electron chi connectivity index (χ3n) is 3.78. The van der Waals surface area contributed by atoms with Crippen LogP contribution in [0.4, 0.5) is 5.69 Å². The Hall–Kier alpha value is -2.13. The van der Waals surface area contributed by atoms with Crippen molar-refractivity contribution in [2.24, 2.45) is 5.10 Å². The number of carbonyl (C=O) groups excluding carboxylic acids is 1. The number of rotatable bonds is 5. The van der Waals surface area contributed by atoms with Crippen LogP contribution in [0.5, 0.6) is 0 Å². The highest BCUT2D eigenvalue weighted by molar-refractivity contribution is 14.1. The fourth-order valence-electron chi connectivity index (χ4n) is 2.42. The molecule has 0 radical (unpaired) electrons. The molecule has 1 heterocycles. The van der Waals surface area contributed by atoms with E-state index >= 15 is 0 Å². The number of fused-ring (bicyclic) bond motifs is 1. The molecule has 5 nitrogen and oxygen atoms in total. The van der Waals surface area contributed by atoms with E-state index in [4.69, 9.17) is 4.42 Å². The molecule has 0 atom stereocenters. The van der Waals surface area contributed by atoms with Crippen molar-refractivity contribution in [1.82, 2.24) is 5.43 Å². The van der Waals surface area contributed by atoms with Gasteiger partial charge in [0.1, 0.15) is 5.58 Å². The van der Waals surface area contributed by atoms with Crippen LogP contribution in [-0.4, -0.2) is 26.2 Å². The lowest BCUT2D eigenvalue weighted by molar-refractivity contribution is 0.0929. The molecule has 7 heteroatoms. The number of nitrogens with one attached hydrogen (secondary N) is 1. The molecule has 0 fully saturated rings. The zero-order valence-corrected chi connectivity index (χ0v) is 18.5. The smallest absolute Gasteiger partial charge is 0.307 e. The highest BCUT2D eigenvalue weighted by atomic mass is 127. The van der Waals surface area contributed by atoms with E-state index in [1.165, 1.54) is 6.21 Å². The normalized spacial score (nSPS) is 11.6. The van der Waals surface area contributed by atoms with Crippen molar-refractivity contribution >= 4 is 73.4 Å². The Morgan fingerprint density at radius 3 is 2.67 bits per heavy atom. The number of anilines is 1. The molecule has 1 aromatic heterocycles. The average molecular weight is 538 g/mol. The topological polar surface area (TPSA) is 57.8 Å². The molecule has 0 bridgehead atoms. The standard InChI is InChI=1S/C20H17BrIN3O2/c1-25(2)16-7-5-13(6-8-16)4-3-9-23-24-20(26)18-11-14-10-15(21)12-17(22)19(14)27-18/h3-12H,1-2H3,(H,24,26)/b4-3+,23-9-. The van der Waals surface area contributed by atoms with Crippen LogP contribution >= 0.6 is 38.5 Å². The number of hydrazone groups is 1. The highest BCUT2D eigenvalue weighted by Crippen LogP contribution is 2.28. The van der Waals surface area contributed by atoms with Gasteiger partial charge in [-0.25, -0.2) is 5.43 Å². The van der Waals surface area contributed by atoms with Crippen molar-refractivity contribution in [3.63, 3.8) is 0 Å². The molecule has 0 aliphatic heterocycles. The summed E-state index contributed by atoms with van der Waals surface area (Å²) in [5.41, 5.74) is 5.35. The molecule has 27 heavy (non-hydrogen) atoms. The molecule has 0 aliphatic carbocycles. The summed E-state index contributed by atoms with van der Waals surface area (Å²) in [7, 11) is 4.00. The molecule has 1 amide bonds. The first-order valence-corrected chi connectivity index (χ1v) is 9.97. The predicted molar refractivity (Wildman–Crippen MR) is 122 cm³/mol. The first-order valence-electron chi connectivity index (χ1n) is 8.10. The maximum absolute atomic E-state index is 12.2. The summed E-state index contributed by atoms with van der Waals surface area (Å²) in [6.07, 6.45) is 5.21. The SMILES string of the molecule is CN(C)c1ccc(/C=C/C=N\NC(=O)c2cc3cc(Br)cc(I)c3o2)cc1. The van der Waals surface area contributed by atoms with Gasteiger partial charge in [-0.2, -0.15) is 5.10 Å². The number of hydrogen-bond acceptors (Lipinski definition) is 4. The highest BCUT2D eigenvalue weighted by Gasteiger charge is 2.13. The van der Waals surface area contributed by atoms with E-state index in [9.17, 15) is 4.79 Å². The van der Waals surface area contributed by atoms with E-state index in [2.05, 4.69) is 49.0 Å². The summed E-state index contributed by atoms with van der Waals surface area (Å²) >= 11 is 5.61. The molecule has 1 N–H and O–H groups in total. The van der Waals surface area contributed by atoms with Gasteiger partial charge >= 0.3 is 5.91 Å². The first-order chi connectivity index (χ1) is 12.9. The van der Waals surface area contributed by atoms with Crippen molar-refractivity contribution in [1.29, 1.82) is 0 Å². The zero-order chi connectivity index (χ0) is 19.4. The maximum atomic E-state index is 12.2. The Balaban J connectivity index is 1.61. The van der Waals surface area contributed by atoms with Gasteiger partial charge in [0.15, 0.2) is 5.76 Å². The molecule has 0 saturated heterocycles. The molecular weight excluding hydrogens is 521 g/mol. The van der Waals surface area contributed by atoms with Gasteiger partial charge in [0.2, 0.25) is 0 Å². The summed E-state index contributed by atoms with van der Waals surface area (Å²) in [5, 5.41) is 4.79. The molecule has 0 aliphatic rings. The number of hydrogen-bond donors (Lipinski definition) is 1. The minimum Gasteiger partial charge on any atom is -0.450 e. The molecule has 2 aromatic carbocycles. The number of halogens is 2. The molecule has 3 aromatic rings. The van der Waals surface area contributed by atoms with Gasteiger partial charge < -0.3 is 9.32 Å². The van der Waals surface area contributed by atoms with E-state index in [1.54, 1.807) is 12.1 Å². The second-order valence-corrected chi connectivity index (χ2v) is 8.06. The average Bonchev–Trinajstić information content (AvgIpc) is 3.06. The number of benzene rings is 2. The lowest BCUT2D eigenvalue weighted by Gasteiger charge is -2.11. The van der Waals surface area contributed by atoms with Gasteiger partial charge in [-0.05, 0) is 64.6 Å². The van der Waals surface area contributed by atoms with Crippen LogP contribution in [0, 0.1) is 3.57 Å². The van der Waals surface area contributed by atoms with E-state index in [0.29, 0.717) is 5.58 Å². The summed E-state index contributed by atoms with van der Waals surface area (Å²) in [4.78, 5) is 14.2. The van der Waals surface area contributed by atoms with Gasteiger partial charge in [0.25, 0.3) is 0 Å². The Bertz CT molecular complexity index is 1020. The molecule has 138 valence electrons. The summed E-state index contributed by atoms with van der Waals surface area (Å²) in [5.74, 6) is -0.167. The Morgan fingerprint density at radius 1 is 1.22 bits per heavy atom. The third kappa shape index (κ3) is 4.98. The number of nitrogens with zero attached hydrogens (tertiary/aromatic N) is 2. The number of furan rings is 1. The van der Waals surface area contributed by atoms with E-state index in [1.807, 2.05) is 61.5 Å². The van der Waals surface area contributed by atoms with Crippen LogP contribution < -0.4 is 10.3 Å². The van der Waals surface area contributed by atoms with Crippen molar-refractivity contribution in [3.05, 3.63) is 67.9 Å². The largest absolute Gasteiger partial charge is 0.450 e. The second-order valence-electron chi connectivity index (χ2n) is 5.98. The number of amides is 1. The first kappa shape index (κ1) is 19.6. The maximum Gasteiger partial charge on any atom is 0.307 e. The Labute approximate surface area is 179 Å². The molecule has 0 spiro atoms. The third-order valence-corrected chi connectivity index (χ3v) is 5.04. The summed E-state index contributed by atoms with van der Waals surface area (Å²) in [6.45, 7) is 0. The van der Waals surface area contributed by atoms with Gasteiger partial charge in [-0.15, -0.1) is 0 Å². The van der Waals surface area contributed by atoms with E-state index in [-0.39, 0.29) is 5.76 Å². The van der Waals surface area contributed by atoms with Crippen LogP contribution in [0.3, 0.4) is 0 Å². The monoisotopic (exact) mass is 537 g/mol. The second kappa shape index (κ2) is 8.71.